The molecule has 0 fully saturated rings. The van der Waals surface area contributed by atoms with Crippen LogP contribution in [0, 0.1) is 0 Å². The summed E-state index contributed by atoms with van der Waals surface area (Å²) in [5.74, 6) is 0. The van der Waals surface area contributed by atoms with Crippen molar-refractivity contribution < 1.29 is 0 Å². The Morgan fingerprint density at radius 2 is 1.86 bits per heavy atom. The Hall–Kier alpha value is -2.29. The molecule has 4 rings (SSSR count). The van der Waals surface area contributed by atoms with Gasteiger partial charge in [0.05, 0.1) is 0 Å². The van der Waals surface area contributed by atoms with E-state index in [4.69, 9.17) is 4.98 Å². The van der Waals surface area contributed by atoms with Crippen LogP contribution in [-0.4, -0.2) is 14.4 Å². The van der Waals surface area contributed by atoms with Crippen LogP contribution in [-0.2, 0) is 12.8 Å². The standard InChI is InChI=1S/C19H21N3/c1-3-7-13-11-14(8-4-2)22-17(12-13)21-18-15-9-5-6-10-16(15)20-19(18)22/h5-6,9-12,20H,3-4,7-8H2,1-2H3. The molecule has 0 unspecified atom stereocenters. The fourth-order valence-corrected chi connectivity index (χ4v) is 3.41. The Morgan fingerprint density at radius 1 is 1.05 bits per heavy atom. The van der Waals surface area contributed by atoms with Crippen LogP contribution in [0.25, 0.3) is 27.7 Å². The minimum atomic E-state index is 1.07. The van der Waals surface area contributed by atoms with Crippen molar-refractivity contribution in [2.45, 2.75) is 39.5 Å². The molecule has 3 aromatic heterocycles. The first-order valence-corrected chi connectivity index (χ1v) is 8.22. The van der Waals surface area contributed by atoms with Crippen LogP contribution in [0.3, 0.4) is 0 Å². The second-order valence-corrected chi connectivity index (χ2v) is 6.03. The fraction of sp³-hybridized carbons (Fsp3) is 0.316. The summed E-state index contributed by atoms with van der Waals surface area (Å²) in [6.45, 7) is 4.46. The Labute approximate surface area is 130 Å². The summed E-state index contributed by atoms with van der Waals surface area (Å²) in [7, 11) is 0. The highest BCUT2D eigenvalue weighted by Gasteiger charge is 2.14. The number of aromatic amines is 1. The zero-order chi connectivity index (χ0) is 15.1. The summed E-state index contributed by atoms with van der Waals surface area (Å²) >= 11 is 0. The minimum Gasteiger partial charge on any atom is -0.339 e. The highest BCUT2D eigenvalue weighted by Crippen LogP contribution is 2.27. The van der Waals surface area contributed by atoms with Crippen LogP contribution in [0.15, 0.2) is 36.4 Å². The monoisotopic (exact) mass is 291 g/mol. The van der Waals surface area contributed by atoms with Crippen LogP contribution < -0.4 is 0 Å². The van der Waals surface area contributed by atoms with Gasteiger partial charge >= 0.3 is 0 Å². The number of hydrogen-bond acceptors (Lipinski definition) is 1. The van der Waals surface area contributed by atoms with E-state index in [0.29, 0.717) is 0 Å². The largest absolute Gasteiger partial charge is 0.339 e. The molecule has 0 bridgehead atoms. The summed E-state index contributed by atoms with van der Waals surface area (Å²) in [6, 6.07) is 13.0. The zero-order valence-corrected chi connectivity index (χ0v) is 13.2. The maximum Gasteiger partial charge on any atom is 0.143 e. The van der Waals surface area contributed by atoms with Crippen molar-refractivity contribution in [1.29, 1.82) is 0 Å². The van der Waals surface area contributed by atoms with Crippen molar-refractivity contribution >= 4 is 27.7 Å². The molecular weight excluding hydrogens is 270 g/mol. The third kappa shape index (κ3) is 1.92. The van der Waals surface area contributed by atoms with Gasteiger partial charge in [0.25, 0.3) is 0 Å². The number of fused-ring (bicyclic) bond motifs is 5. The predicted octanol–water partition coefficient (Wildman–Crippen LogP) is 4.87. The highest BCUT2D eigenvalue weighted by atomic mass is 15.1. The van der Waals surface area contributed by atoms with E-state index in [-0.39, 0.29) is 0 Å². The van der Waals surface area contributed by atoms with Gasteiger partial charge in [-0.3, -0.25) is 4.40 Å². The quantitative estimate of drug-likeness (QED) is 0.571. The van der Waals surface area contributed by atoms with Crippen molar-refractivity contribution in [3.8, 4) is 0 Å². The van der Waals surface area contributed by atoms with Crippen molar-refractivity contribution in [3.05, 3.63) is 47.7 Å². The van der Waals surface area contributed by atoms with Gasteiger partial charge in [-0.2, -0.15) is 0 Å². The van der Waals surface area contributed by atoms with E-state index in [1.165, 1.54) is 23.1 Å². The molecule has 3 nitrogen and oxygen atoms in total. The zero-order valence-electron chi connectivity index (χ0n) is 13.2. The molecule has 0 radical (unpaired) electrons. The van der Waals surface area contributed by atoms with Gasteiger partial charge in [0.2, 0.25) is 0 Å². The Bertz CT molecular complexity index is 959. The third-order valence-electron chi connectivity index (χ3n) is 4.34. The van der Waals surface area contributed by atoms with Crippen LogP contribution in [0.5, 0.6) is 0 Å². The van der Waals surface area contributed by atoms with Crippen molar-refractivity contribution in [2.24, 2.45) is 0 Å². The van der Waals surface area contributed by atoms with Gasteiger partial charge < -0.3 is 4.98 Å². The van der Waals surface area contributed by atoms with E-state index in [1.54, 1.807) is 0 Å². The van der Waals surface area contributed by atoms with E-state index in [0.717, 1.165) is 41.6 Å². The van der Waals surface area contributed by atoms with Crippen molar-refractivity contribution in [2.75, 3.05) is 0 Å². The summed E-state index contributed by atoms with van der Waals surface area (Å²) in [5, 5.41) is 1.21. The molecule has 1 N–H and O–H groups in total. The number of aryl methyl sites for hydroxylation is 2. The maximum absolute atomic E-state index is 4.92. The molecule has 0 aliphatic carbocycles. The molecule has 0 atom stereocenters. The van der Waals surface area contributed by atoms with Gasteiger partial charge in [-0.15, -0.1) is 0 Å². The number of hydrogen-bond donors (Lipinski definition) is 1. The van der Waals surface area contributed by atoms with Gasteiger partial charge in [0.15, 0.2) is 0 Å². The molecule has 0 aliphatic rings. The second kappa shape index (κ2) is 5.16. The Balaban J connectivity index is 2.08. The second-order valence-electron chi connectivity index (χ2n) is 6.03. The molecule has 112 valence electrons. The number of benzene rings is 1. The van der Waals surface area contributed by atoms with Gasteiger partial charge in [-0.25, -0.2) is 4.98 Å². The number of rotatable bonds is 4. The first-order valence-electron chi connectivity index (χ1n) is 8.22. The number of imidazole rings is 1. The third-order valence-corrected chi connectivity index (χ3v) is 4.34. The SMILES string of the molecule is CCCc1cc(CCC)n2c(c1)nc1c3ccccc3[nH]c12. The number of H-pyrrole nitrogens is 1. The number of pyridine rings is 1. The van der Waals surface area contributed by atoms with Gasteiger partial charge in [0, 0.05) is 16.6 Å². The van der Waals surface area contributed by atoms with Gasteiger partial charge in [-0.1, -0.05) is 44.9 Å². The average molecular weight is 291 g/mol. The molecule has 0 amide bonds. The van der Waals surface area contributed by atoms with E-state index in [2.05, 4.69) is 59.6 Å². The summed E-state index contributed by atoms with van der Waals surface area (Å²) in [5.41, 5.74) is 7.20. The van der Waals surface area contributed by atoms with E-state index in [9.17, 15) is 0 Å². The number of aromatic nitrogens is 3. The van der Waals surface area contributed by atoms with Gasteiger partial charge in [0.1, 0.15) is 16.8 Å². The molecule has 0 aliphatic heterocycles. The first kappa shape index (κ1) is 13.4. The smallest absolute Gasteiger partial charge is 0.143 e. The lowest BCUT2D eigenvalue weighted by atomic mass is 10.1. The lowest BCUT2D eigenvalue weighted by molar-refractivity contribution is 0.850. The summed E-state index contributed by atoms with van der Waals surface area (Å²) in [4.78, 5) is 8.47. The number of nitrogens with one attached hydrogen (secondary N) is 1. The molecule has 4 aromatic rings. The van der Waals surface area contributed by atoms with Crippen molar-refractivity contribution in [1.82, 2.24) is 14.4 Å². The molecule has 3 heterocycles. The van der Waals surface area contributed by atoms with Crippen LogP contribution in [0.1, 0.15) is 37.9 Å². The molecular formula is C19H21N3. The molecule has 0 spiro atoms. The van der Waals surface area contributed by atoms with Crippen LogP contribution in [0.2, 0.25) is 0 Å². The molecule has 1 aromatic carbocycles. The normalized spacial score (nSPS) is 11.9. The molecule has 3 heteroatoms. The van der Waals surface area contributed by atoms with Crippen molar-refractivity contribution in [3.63, 3.8) is 0 Å². The molecule has 0 saturated carbocycles. The Morgan fingerprint density at radius 3 is 2.68 bits per heavy atom. The van der Waals surface area contributed by atoms with E-state index in [1.807, 2.05) is 0 Å². The van der Waals surface area contributed by atoms with E-state index < -0.39 is 0 Å². The van der Waals surface area contributed by atoms with E-state index >= 15 is 0 Å². The predicted molar refractivity (Wildman–Crippen MR) is 92.5 cm³/mol. The van der Waals surface area contributed by atoms with Gasteiger partial charge in [-0.05, 0) is 36.6 Å². The summed E-state index contributed by atoms with van der Waals surface area (Å²) < 4.78 is 2.30. The Kier molecular flexibility index (Phi) is 3.14. The first-order chi connectivity index (χ1) is 10.8. The highest BCUT2D eigenvalue weighted by molar-refractivity contribution is 6.05. The summed E-state index contributed by atoms with van der Waals surface area (Å²) in [6.07, 6.45) is 4.51. The molecule has 0 saturated heterocycles. The lowest BCUT2D eigenvalue weighted by Gasteiger charge is -2.08. The lowest BCUT2D eigenvalue weighted by Crippen LogP contribution is -1.99. The number of nitrogens with zero attached hydrogens (tertiary/aromatic N) is 2. The topological polar surface area (TPSA) is 33.1 Å². The average Bonchev–Trinajstić information content (AvgIpc) is 3.03. The number of para-hydroxylation sites is 1. The molecule has 22 heavy (non-hydrogen) atoms. The van der Waals surface area contributed by atoms with Crippen LogP contribution in [0.4, 0.5) is 0 Å². The maximum atomic E-state index is 4.92. The van der Waals surface area contributed by atoms with Crippen LogP contribution >= 0.6 is 0 Å². The minimum absolute atomic E-state index is 1.07. The fourth-order valence-electron chi connectivity index (χ4n) is 3.41.